The molecule has 1 aromatic rings. The Morgan fingerprint density at radius 3 is 2.87 bits per heavy atom. The Morgan fingerprint density at radius 2 is 2.20 bits per heavy atom. The molecule has 0 radical (unpaired) electrons. The second-order valence-corrected chi connectivity index (χ2v) is 4.29. The summed E-state index contributed by atoms with van der Waals surface area (Å²) < 4.78 is 13.3. The Labute approximate surface area is 93.3 Å². The summed E-state index contributed by atoms with van der Waals surface area (Å²) in [5.74, 6) is 0.572. The van der Waals surface area contributed by atoms with Gasteiger partial charge in [0.15, 0.2) is 0 Å². The molecule has 80 valence electrons. The number of anilines is 1. The van der Waals surface area contributed by atoms with E-state index in [1.807, 2.05) is 0 Å². The van der Waals surface area contributed by atoms with Crippen LogP contribution < -0.4 is 5.73 Å². The van der Waals surface area contributed by atoms with E-state index in [4.69, 9.17) is 11.0 Å². The molecule has 0 amide bonds. The van der Waals surface area contributed by atoms with E-state index in [9.17, 15) is 4.39 Å². The van der Waals surface area contributed by atoms with Crippen molar-refractivity contribution in [1.82, 2.24) is 0 Å². The SMILES string of the molecule is N#CCCCCSc1ccc(N)cc1F. The lowest BCUT2D eigenvalue weighted by atomic mass is 10.3. The Morgan fingerprint density at radius 1 is 1.40 bits per heavy atom. The Hall–Kier alpha value is -1.21. The van der Waals surface area contributed by atoms with Crippen LogP contribution in [0.4, 0.5) is 10.1 Å². The summed E-state index contributed by atoms with van der Waals surface area (Å²) in [4.78, 5) is 0.626. The third kappa shape index (κ3) is 4.22. The number of thioether (sulfide) groups is 1. The quantitative estimate of drug-likeness (QED) is 0.474. The molecular weight excluding hydrogens is 211 g/mol. The zero-order valence-corrected chi connectivity index (χ0v) is 9.19. The van der Waals surface area contributed by atoms with Crippen LogP contribution in [-0.2, 0) is 0 Å². The number of nitrogens with zero attached hydrogens (tertiary/aromatic N) is 1. The van der Waals surface area contributed by atoms with Crippen LogP contribution in [-0.4, -0.2) is 5.75 Å². The van der Waals surface area contributed by atoms with Gasteiger partial charge in [-0.3, -0.25) is 0 Å². The molecule has 0 saturated heterocycles. The van der Waals surface area contributed by atoms with Crippen molar-refractivity contribution in [3.63, 3.8) is 0 Å². The van der Waals surface area contributed by atoms with Gasteiger partial charge in [-0.25, -0.2) is 4.39 Å². The van der Waals surface area contributed by atoms with Crippen LogP contribution in [0.2, 0.25) is 0 Å². The maximum atomic E-state index is 13.3. The van der Waals surface area contributed by atoms with Crippen LogP contribution in [0.1, 0.15) is 19.3 Å². The number of rotatable bonds is 5. The molecule has 0 aliphatic carbocycles. The van der Waals surface area contributed by atoms with Gasteiger partial charge in [-0.05, 0) is 36.8 Å². The topological polar surface area (TPSA) is 49.8 Å². The third-order valence-corrected chi connectivity index (χ3v) is 3.03. The number of nitrogen functional groups attached to an aromatic ring is 1. The molecule has 15 heavy (non-hydrogen) atoms. The van der Waals surface area contributed by atoms with E-state index in [0.717, 1.165) is 18.6 Å². The summed E-state index contributed by atoms with van der Waals surface area (Å²) in [7, 11) is 0. The van der Waals surface area contributed by atoms with Crippen molar-refractivity contribution in [2.75, 3.05) is 11.5 Å². The van der Waals surface area contributed by atoms with Crippen LogP contribution in [0.15, 0.2) is 23.1 Å². The number of unbranched alkanes of at least 4 members (excludes halogenated alkanes) is 2. The van der Waals surface area contributed by atoms with Crippen molar-refractivity contribution in [2.45, 2.75) is 24.2 Å². The van der Waals surface area contributed by atoms with E-state index >= 15 is 0 Å². The van der Waals surface area contributed by atoms with Gasteiger partial charge in [-0.15, -0.1) is 11.8 Å². The fourth-order valence-corrected chi connectivity index (χ4v) is 2.05. The zero-order chi connectivity index (χ0) is 11.1. The Kier molecular flexibility index (Phi) is 4.99. The predicted octanol–water partition coefficient (Wildman–Crippen LogP) is 3.19. The van der Waals surface area contributed by atoms with Crippen molar-refractivity contribution in [3.8, 4) is 6.07 Å². The normalized spacial score (nSPS) is 9.87. The smallest absolute Gasteiger partial charge is 0.138 e. The van der Waals surface area contributed by atoms with Crippen molar-refractivity contribution >= 4 is 17.4 Å². The summed E-state index contributed by atoms with van der Waals surface area (Å²) >= 11 is 1.47. The Bertz CT molecular complexity index is 360. The highest BCUT2D eigenvalue weighted by Crippen LogP contribution is 2.24. The second kappa shape index (κ2) is 6.31. The molecule has 1 rings (SSSR count). The molecular formula is C11H13FN2S. The first-order valence-corrected chi connectivity index (χ1v) is 5.77. The van der Waals surface area contributed by atoms with Crippen molar-refractivity contribution in [2.24, 2.45) is 0 Å². The maximum Gasteiger partial charge on any atom is 0.138 e. The van der Waals surface area contributed by atoms with Crippen LogP contribution in [0.5, 0.6) is 0 Å². The van der Waals surface area contributed by atoms with Gasteiger partial charge in [0.05, 0.1) is 6.07 Å². The standard InChI is InChI=1S/C11H13FN2S/c12-10-8-9(14)4-5-11(10)15-7-3-1-2-6-13/h4-5,8H,1-3,7,14H2. The molecule has 0 aliphatic heterocycles. The molecule has 0 heterocycles. The van der Waals surface area contributed by atoms with Crippen molar-refractivity contribution in [3.05, 3.63) is 24.0 Å². The second-order valence-electron chi connectivity index (χ2n) is 3.15. The van der Waals surface area contributed by atoms with E-state index in [2.05, 4.69) is 6.07 Å². The zero-order valence-electron chi connectivity index (χ0n) is 8.37. The highest BCUT2D eigenvalue weighted by molar-refractivity contribution is 7.99. The molecule has 0 fully saturated rings. The number of hydrogen-bond donors (Lipinski definition) is 1. The summed E-state index contributed by atoms with van der Waals surface area (Å²) in [6, 6.07) is 6.81. The van der Waals surface area contributed by atoms with E-state index in [0.29, 0.717) is 17.0 Å². The lowest BCUT2D eigenvalue weighted by molar-refractivity contribution is 0.602. The first-order valence-electron chi connectivity index (χ1n) is 4.79. The van der Waals surface area contributed by atoms with E-state index in [1.54, 1.807) is 12.1 Å². The van der Waals surface area contributed by atoms with Crippen molar-refractivity contribution in [1.29, 1.82) is 5.26 Å². The minimum atomic E-state index is -0.264. The third-order valence-electron chi connectivity index (χ3n) is 1.90. The van der Waals surface area contributed by atoms with E-state index in [-0.39, 0.29) is 5.82 Å². The number of hydrogen-bond acceptors (Lipinski definition) is 3. The number of benzene rings is 1. The summed E-state index contributed by atoms with van der Waals surface area (Å²) in [6.45, 7) is 0. The van der Waals surface area contributed by atoms with Gasteiger partial charge in [0.25, 0.3) is 0 Å². The summed E-state index contributed by atoms with van der Waals surface area (Å²) in [5, 5.41) is 8.33. The fourth-order valence-electron chi connectivity index (χ4n) is 1.12. The fraction of sp³-hybridized carbons (Fsp3) is 0.364. The number of nitrogens with two attached hydrogens (primary N) is 1. The average molecular weight is 224 g/mol. The molecule has 0 aromatic heterocycles. The van der Waals surface area contributed by atoms with Gasteiger partial charge in [-0.2, -0.15) is 5.26 Å². The largest absolute Gasteiger partial charge is 0.399 e. The van der Waals surface area contributed by atoms with Gasteiger partial charge in [0, 0.05) is 17.0 Å². The summed E-state index contributed by atoms with van der Waals surface area (Å²) in [6.07, 6.45) is 2.38. The monoisotopic (exact) mass is 224 g/mol. The molecule has 0 aliphatic rings. The van der Waals surface area contributed by atoms with Gasteiger partial charge >= 0.3 is 0 Å². The predicted molar refractivity (Wildman–Crippen MR) is 61.0 cm³/mol. The molecule has 2 nitrogen and oxygen atoms in total. The number of nitriles is 1. The molecule has 0 unspecified atom stereocenters. The van der Waals surface area contributed by atoms with Gasteiger partial charge < -0.3 is 5.73 Å². The maximum absolute atomic E-state index is 13.3. The minimum Gasteiger partial charge on any atom is -0.399 e. The van der Waals surface area contributed by atoms with E-state index < -0.39 is 0 Å². The lowest BCUT2D eigenvalue weighted by Gasteiger charge is -2.03. The highest BCUT2D eigenvalue weighted by Gasteiger charge is 2.02. The summed E-state index contributed by atoms with van der Waals surface area (Å²) in [5.41, 5.74) is 5.88. The van der Waals surface area contributed by atoms with Gasteiger partial charge in [0.1, 0.15) is 5.82 Å². The Balaban J connectivity index is 2.35. The van der Waals surface area contributed by atoms with Gasteiger partial charge in [0.2, 0.25) is 0 Å². The molecule has 2 N–H and O–H groups in total. The average Bonchev–Trinajstić information content (AvgIpc) is 2.20. The van der Waals surface area contributed by atoms with Crippen LogP contribution in [0.25, 0.3) is 0 Å². The van der Waals surface area contributed by atoms with E-state index in [1.165, 1.54) is 17.8 Å². The first kappa shape index (κ1) is 11.9. The molecule has 0 bridgehead atoms. The minimum absolute atomic E-state index is 0.264. The highest BCUT2D eigenvalue weighted by atomic mass is 32.2. The van der Waals surface area contributed by atoms with Crippen LogP contribution in [0.3, 0.4) is 0 Å². The van der Waals surface area contributed by atoms with Gasteiger partial charge in [-0.1, -0.05) is 0 Å². The van der Waals surface area contributed by atoms with Crippen LogP contribution >= 0.6 is 11.8 Å². The molecule has 1 aromatic carbocycles. The first-order chi connectivity index (χ1) is 7.24. The molecule has 4 heteroatoms. The van der Waals surface area contributed by atoms with Crippen LogP contribution in [0, 0.1) is 17.1 Å². The molecule has 0 atom stereocenters. The lowest BCUT2D eigenvalue weighted by Crippen LogP contribution is -1.89. The number of halogens is 1. The molecule has 0 saturated carbocycles. The van der Waals surface area contributed by atoms with Crippen molar-refractivity contribution < 1.29 is 4.39 Å². The molecule has 0 spiro atoms.